The maximum atomic E-state index is 12.5. The van der Waals surface area contributed by atoms with E-state index in [2.05, 4.69) is 17.0 Å². The molecule has 0 saturated carbocycles. The highest BCUT2D eigenvalue weighted by Crippen LogP contribution is 2.30. The van der Waals surface area contributed by atoms with E-state index >= 15 is 0 Å². The summed E-state index contributed by atoms with van der Waals surface area (Å²) in [5.41, 5.74) is 2.16. The van der Waals surface area contributed by atoms with Crippen molar-refractivity contribution in [3.63, 3.8) is 0 Å². The Morgan fingerprint density at radius 2 is 1.63 bits per heavy atom. The third-order valence-electron chi connectivity index (χ3n) is 4.90. The molecule has 0 aliphatic carbocycles. The van der Waals surface area contributed by atoms with Gasteiger partial charge in [-0.2, -0.15) is 0 Å². The van der Waals surface area contributed by atoms with Crippen LogP contribution in [0, 0.1) is 0 Å². The van der Waals surface area contributed by atoms with Crippen molar-refractivity contribution in [1.82, 2.24) is 4.90 Å². The quantitative estimate of drug-likeness (QED) is 0.785. The van der Waals surface area contributed by atoms with E-state index in [-0.39, 0.29) is 5.91 Å². The van der Waals surface area contributed by atoms with Gasteiger partial charge in [-0.05, 0) is 35.9 Å². The zero-order valence-corrected chi connectivity index (χ0v) is 15.3. The molecule has 4 rings (SSSR count). The Morgan fingerprint density at radius 3 is 2.41 bits per heavy atom. The van der Waals surface area contributed by atoms with Gasteiger partial charge in [0.1, 0.15) is 0 Å². The van der Waals surface area contributed by atoms with Gasteiger partial charge in [-0.1, -0.05) is 24.3 Å². The molecule has 2 aliphatic heterocycles. The van der Waals surface area contributed by atoms with E-state index in [4.69, 9.17) is 9.47 Å². The second-order valence-electron chi connectivity index (χ2n) is 6.74. The van der Waals surface area contributed by atoms with Crippen LogP contribution in [0.2, 0.25) is 0 Å². The number of anilines is 1. The molecule has 0 spiro atoms. The van der Waals surface area contributed by atoms with Crippen LogP contribution in [0.3, 0.4) is 0 Å². The number of fused-ring (bicyclic) bond motifs is 1. The summed E-state index contributed by atoms with van der Waals surface area (Å²) in [5.74, 6) is 1.57. The average Bonchev–Trinajstić information content (AvgIpc) is 2.98. The van der Waals surface area contributed by atoms with Crippen LogP contribution in [0.15, 0.2) is 54.6 Å². The molecule has 0 bridgehead atoms. The first-order chi connectivity index (χ1) is 13.3. The van der Waals surface area contributed by atoms with Crippen LogP contribution in [-0.4, -0.2) is 50.2 Å². The normalized spacial score (nSPS) is 17.0. The van der Waals surface area contributed by atoms with Crippen molar-refractivity contribution in [2.24, 2.45) is 0 Å². The summed E-state index contributed by atoms with van der Waals surface area (Å²) in [6, 6.07) is 16.1. The zero-order chi connectivity index (χ0) is 18.5. The van der Waals surface area contributed by atoms with Gasteiger partial charge >= 0.3 is 0 Å². The molecular formula is C22H24N2O3. The average molecular weight is 364 g/mol. The fourth-order valence-corrected chi connectivity index (χ4v) is 3.38. The predicted molar refractivity (Wildman–Crippen MR) is 106 cm³/mol. The predicted octanol–water partition coefficient (Wildman–Crippen LogP) is 3.21. The maximum Gasteiger partial charge on any atom is 0.246 e. The van der Waals surface area contributed by atoms with Crippen molar-refractivity contribution in [3.05, 3.63) is 60.2 Å². The highest BCUT2D eigenvalue weighted by Gasteiger charge is 2.19. The molecule has 0 radical (unpaired) electrons. The Bertz CT molecular complexity index is 812. The number of carbonyl (C=O) groups excluding carboxylic acids is 1. The molecule has 2 heterocycles. The number of nitrogens with zero attached hydrogens (tertiary/aromatic N) is 2. The minimum atomic E-state index is 0.0508. The van der Waals surface area contributed by atoms with Crippen LogP contribution in [0.5, 0.6) is 11.5 Å². The first-order valence-corrected chi connectivity index (χ1v) is 9.46. The van der Waals surface area contributed by atoms with Gasteiger partial charge in [0.05, 0.1) is 13.2 Å². The molecule has 0 aromatic heterocycles. The Morgan fingerprint density at radius 1 is 0.889 bits per heavy atom. The van der Waals surface area contributed by atoms with Crippen LogP contribution in [0.1, 0.15) is 12.0 Å². The summed E-state index contributed by atoms with van der Waals surface area (Å²) in [7, 11) is 0. The number of piperazine rings is 1. The van der Waals surface area contributed by atoms with E-state index in [0.717, 1.165) is 49.7 Å². The third-order valence-corrected chi connectivity index (χ3v) is 4.90. The summed E-state index contributed by atoms with van der Waals surface area (Å²) >= 11 is 0. The Balaban J connectivity index is 1.35. The molecule has 1 saturated heterocycles. The standard InChI is InChI=1S/C22H24N2O3/c25-22(24-13-11-23(12-14-24)19-5-2-1-3-6-19)10-8-18-7-9-20-21(17-18)27-16-4-15-26-20/h1-3,5-10,17H,4,11-16H2. The number of amides is 1. The Kier molecular flexibility index (Phi) is 5.28. The van der Waals surface area contributed by atoms with Crippen molar-refractivity contribution in [2.45, 2.75) is 6.42 Å². The lowest BCUT2D eigenvalue weighted by atomic mass is 10.1. The van der Waals surface area contributed by atoms with E-state index < -0.39 is 0 Å². The number of ether oxygens (including phenoxy) is 2. The van der Waals surface area contributed by atoms with Crippen molar-refractivity contribution in [1.29, 1.82) is 0 Å². The van der Waals surface area contributed by atoms with E-state index in [9.17, 15) is 4.79 Å². The van der Waals surface area contributed by atoms with Crippen LogP contribution >= 0.6 is 0 Å². The van der Waals surface area contributed by atoms with E-state index in [1.807, 2.05) is 47.4 Å². The van der Waals surface area contributed by atoms with Crippen molar-refractivity contribution in [2.75, 3.05) is 44.3 Å². The highest BCUT2D eigenvalue weighted by atomic mass is 16.5. The Labute approximate surface area is 159 Å². The van der Waals surface area contributed by atoms with Crippen LogP contribution < -0.4 is 14.4 Å². The van der Waals surface area contributed by atoms with E-state index in [0.29, 0.717) is 13.2 Å². The van der Waals surface area contributed by atoms with Gasteiger partial charge in [0.15, 0.2) is 11.5 Å². The lowest BCUT2D eigenvalue weighted by Gasteiger charge is -2.35. The molecule has 27 heavy (non-hydrogen) atoms. The minimum Gasteiger partial charge on any atom is -0.490 e. The second kappa shape index (κ2) is 8.16. The van der Waals surface area contributed by atoms with Crippen LogP contribution in [0.4, 0.5) is 5.69 Å². The second-order valence-corrected chi connectivity index (χ2v) is 6.74. The number of benzene rings is 2. The van der Waals surface area contributed by atoms with Crippen LogP contribution in [0.25, 0.3) is 6.08 Å². The van der Waals surface area contributed by atoms with Gasteiger partial charge in [-0.3, -0.25) is 4.79 Å². The molecule has 0 atom stereocenters. The number of rotatable bonds is 3. The molecule has 2 aromatic rings. The van der Waals surface area contributed by atoms with Gasteiger partial charge in [0, 0.05) is 44.4 Å². The first-order valence-electron chi connectivity index (χ1n) is 9.46. The van der Waals surface area contributed by atoms with Gasteiger partial charge in [-0.25, -0.2) is 0 Å². The third kappa shape index (κ3) is 4.25. The molecule has 2 aliphatic rings. The molecule has 2 aromatic carbocycles. The van der Waals surface area contributed by atoms with Gasteiger partial charge in [0.25, 0.3) is 0 Å². The smallest absolute Gasteiger partial charge is 0.246 e. The largest absolute Gasteiger partial charge is 0.490 e. The van der Waals surface area contributed by atoms with Gasteiger partial charge in [0.2, 0.25) is 5.91 Å². The fourth-order valence-electron chi connectivity index (χ4n) is 3.38. The van der Waals surface area contributed by atoms with E-state index in [1.54, 1.807) is 6.08 Å². The van der Waals surface area contributed by atoms with E-state index in [1.165, 1.54) is 5.69 Å². The van der Waals surface area contributed by atoms with Crippen molar-refractivity contribution in [3.8, 4) is 11.5 Å². The summed E-state index contributed by atoms with van der Waals surface area (Å²) in [6.07, 6.45) is 4.38. The fraction of sp³-hybridized carbons (Fsp3) is 0.318. The number of para-hydroxylation sites is 1. The summed E-state index contributed by atoms with van der Waals surface area (Å²) in [5, 5.41) is 0. The van der Waals surface area contributed by atoms with Crippen LogP contribution in [-0.2, 0) is 4.79 Å². The molecular weight excluding hydrogens is 340 g/mol. The number of hydrogen-bond donors (Lipinski definition) is 0. The molecule has 1 amide bonds. The summed E-state index contributed by atoms with van der Waals surface area (Å²) < 4.78 is 11.3. The molecule has 0 unspecified atom stereocenters. The van der Waals surface area contributed by atoms with Gasteiger partial charge in [-0.15, -0.1) is 0 Å². The molecule has 5 nitrogen and oxygen atoms in total. The highest BCUT2D eigenvalue weighted by molar-refractivity contribution is 5.92. The topological polar surface area (TPSA) is 42.0 Å². The number of hydrogen-bond acceptors (Lipinski definition) is 4. The molecule has 1 fully saturated rings. The number of carbonyl (C=O) groups is 1. The van der Waals surface area contributed by atoms with Crippen molar-refractivity contribution < 1.29 is 14.3 Å². The maximum absolute atomic E-state index is 12.5. The van der Waals surface area contributed by atoms with Gasteiger partial charge < -0.3 is 19.3 Å². The molecule has 0 N–H and O–H groups in total. The SMILES string of the molecule is O=C(C=Cc1ccc2c(c1)OCCCO2)N1CCN(c2ccccc2)CC1. The molecule has 5 heteroatoms. The summed E-state index contributed by atoms with van der Waals surface area (Å²) in [6.45, 7) is 4.51. The zero-order valence-electron chi connectivity index (χ0n) is 15.3. The first kappa shape index (κ1) is 17.5. The lowest BCUT2D eigenvalue weighted by Crippen LogP contribution is -2.48. The minimum absolute atomic E-state index is 0.0508. The monoisotopic (exact) mass is 364 g/mol. The summed E-state index contributed by atoms with van der Waals surface area (Å²) in [4.78, 5) is 16.7. The molecule has 140 valence electrons. The lowest BCUT2D eigenvalue weighted by molar-refractivity contribution is -0.126. The Hall–Kier alpha value is -2.95. The van der Waals surface area contributed by atoms with Crippen molar-refractivity contribution >= 4 is 17.7 Å².